The van der Waals surface area contributed by atoms with Crippen LogP contribution in [-0.4, -0.2) is 17.7 Å². The van der Waals surface area contributed by atoms with Gasteiger partial charge in [-0.25, -0.2) is 0 Å². The molecule has 0 unspecified atom stereocenters. The number of anilines is 1. The maximum absolute atomic E-state index is 11.0. The van der Waals surface area contributed by atoms with Crippen molar-refractivity contribution in [3.63, 3.8) is 0 Å². The Bertz CT molecular complexity index is 404. The molecule has 0 bridgehead atoms. The lowest BCUT2D eigenvalue weighted by Gasteiger charge is -2.06. The van der Waals surface area contributed by atoms with Gasteiger partial charge in [0.05, 0.1) is 0 Å². The Labute approximate surface area is 92.4 Å². The molecule has 0 aliphatic rings. The molecule has 0 spiro atoms. The van der Waals surface area contributed by atoms with Crippen LogP contribution in [0.1, 0.15) is 15.9 Å². The second-order valence-corrected chi connectivity index (χ2v) is 3.34. The molecule has 2 amide bonds. The minimum atomic E-state index is -0.484. The van der Waals surface area contributed by atoms with E-state index in [0.29, 0.717) is 11.3 Å². The highest BCUT2D eigenvalue weighted by molar-refractivity contribution is 6.29. The summed E-state index contributed by atoms with van der Waals surface area (Å²) in [5.74, 6) is -0.873. The van der Waals surface area contributed by atoms with Crippen molar-refractivity contribution in [3.8, 4) is 0 Å². The fourth-order valence-electron chi connectivity index (χ4n) is 1.21. The number of carbonyl (C=O) groups is 2. The molecule has 0 saturated heterocycles. The minimum Gasteiger partial charge on any atom is -0.366 e. The van der Waals surface area contributed by atoms with Crippen molar-refractivity contribution in [2.75, 3.05) is 11.2 Å². The van der Waals surface area contributed by atoms with Crippen LogP contribution in [0.15, 0.2) is 18.2 Å². The van der Waals surface area contributed by atoms with Crippen LogP contribution in [-0.2, 0) is 4.79 Å². The number of alkyl halides is 1. The van der Waals surface area contributed by atoms with Crippen molar-refractivity contribution in [1.29, 1.82) is 0 Å². The Morgan fingerprint density at radius 3 is 2.60 bits per heavy atom. The van der Waals surface area contributed by atoms with Crippen molar-refractivity contribution >= 4 is 29.1 Å². The van der Waals surface area contributed by atoms with Crippen molar-refractivity contribution in [3.05, 3.63) is 29.3 Å². The number of amides is 2. The number of aryl methyl sites for hydroxylation is 1. The monoisotopic (exact) mass is 226 g/mol. The summed E-state index contributed by atoms with van der Waals surface area (Å²) in [6.45, 7) is 1.75. The molecule has 5 heteroatoms. The minimum absolute atomic E-state index is 0.101. The molecule has 4 nitrogen and oxygen atoms in total. The number of hydrogen-bond acceptors (Lipinski definition) is 2. The topological polar surface area (TPSA) is 72.2 Å². The average molecular weight is 227 g/mol. The highest BCUT2D eigenvalue weighted by atomic mass is 35.5. The SMILES string of the molecule is Cc1cc(NC(=O)CCl)ccc1C(N)=O. The van der Waals surface area contributed by atoms with Gasteiger partial charge in [0, 0.05) is 11.3 Å². The summed E-state index contributed by atoms with van der Waals surface area (Å²) in [5, 5.41) is 2.58. The number of halogens is 1. The van der Waals surface area contributed by atoms with Gasteiger partial charge in [0.1, 0.15) is 5.88 Å². The molecule has 1 aromatic carbocycles. The van der Waals surface area contributed by atoms with Gasteiger partial charge in [0.2, 0.25) is 11.8 Å². The van der Waals surface area contributed by atoms with Crippen LogP contribution in [0, 0.1) is 6.92 Å². The number of nitrogens with two attached hydrogens (primary N) is 1. The molecule has 0 aliphatic heterocycles. The van der Waals surface area contributed by atoms with E-state index in [0.717, 1.165) is 5.56 Å². The van der Waals surface area contributed by atoms with Crippen LogP contribution in [0.5, 0.6) is 0 Å². The zero-order chi connectivity index (χ0) is 11.4. The van der Waals surface area contributed by atoms with Crippen molar-refractivity contribution in [1.82, 2.24) is 0 Å². The third-order valence-electron chi connectivity index (χ3n) is 1.90. The van der Waals surface area contributed by atoms with Gasteiger partial charge in [0.15, 0.2) is 0 Å². The highest BCUT2D eigenvalue weighted by Gasteiger charge is 2.06. The third-order valence-corrected chi connectivity index (χ3v) is 2.14. The number of rotatable bonds is 3. The number of carbonyl (C=O) groups excluding carboxylic acids is 2. The standard InChI is InChI=1S/C10H11ClN2O2/c1-6-4-7(13-9(14)5-11)2-3-8(6)10(12)15/h2-4H,5H2,1H3,(H2,12,15)(H,13,14). The summed E-state index contributed by atoms with van der Waals surface area (Å²) in [5.41, 5.74) is 6.91. The summed E-state index contributed by atoms with van der Waals surface area (Å²) >= 11 is 5.34. The van der Waals surface area contributed by atoms with E-state index >= 15 is 0 Å². The molecule has 1 aromatic rings. The van der Waals surface area contributed by atoms with Gasteiger partial charge in [0.25, 0.3) is 0 Å². The molecule has 1 rings (SSSR count). The lowest BCUT2D eigenvalue weighted by Crippen LogP contribution is -2.15. The zero-order valence-electron chi connectivity index (χ0n) is 8.21. The van der Waals surface area contributed by atoms with E-state index in [-0.39, 0.29) is 11.8 Å². The van der Waals surface area contributed by atoms with Crippen LogP contribution < -0.4 is 11.1 Å². The molecular weight excluding hydrogens is 216 g/mol. The van der Waals surface area contributed by atoms with Gasteiger partial charge in [-0.05, 0) is 30.7 Å². The van der Waals surface area contributed by atoms with Crippen molar-refractivity contribution in [2.24, 2.45) is 5.73 Å². The van der Waals surface area contributed by atoms with Crippen LogP contribution in [0.2, 0.25) is 0 Å². The smallest absolute Gasteiger partial charge is 0.248 e. The number of hydrogen-bond donors (Lipinski definition) is 2. The number of nitrogens with one attached hydrogen (secondary N) is 1. The van der Waals surface area contributed by atoms with E-state index in [2.05, 4.69) is 5.32 Å². The van der Waals surface area contributed by atoms with Gasteiger partial charge >= 0.3 is 0 Å². The zero-order valence-corrected chi connectivity index (χ0v) is 8.97. The van der Waals surface area contributed by atoms with E-state index in [4.69, 9.17) is 17.3 Å². The Kier molecular flexibility index (Phi) is 3.68. The Balaban J connectivity index is 2.91. The largest absolute Gasteiger partial charge is 0.366 e. The summed E-state index contributed by atoms with van der Waals surface area (Å²) in [6.07, 6.45) is 0. The van der Waals surface area contributed by atoms with Gasteiger partial charge < -0.3 is 11.1 Å². The number of benzene rings is 1. The lowest BCUT2D eigenvalue weighted by molar-refractivity contribution is -0.113. The summed E-state index contributed by atoms with van der Waals surface area (Å²) in [4.78, 5) is 21.9. The molecule has 0 fully saturated rings. The van der Waals surface area contributed by atoms with Crippen molar-refractivity contribution in [2.45, 2.75) is 6.92 Å². The normalized spacial score (nSPS) is 9.73. The van der Waals surface area contributed by atoms with E-state index in [1.807, 2.05) is 0 Å². The summed E-state index contributed by atoms with van der Waals surface area (Å²) in [6, 6.07) is 4.85. The fourth-order valence-corrected chi connectivity index (χ4v) is 1.28. The molecule has 0 radical (unpaired) electrons. The Morgan fingerprint density at radius 2 is 2.13 bits per heavy atom. The Hall–Kier alpha value is -1.55. The van der Waals surface area contributed by atoms with Gasteiger partial charge in [-0.15, -0.1) is 11.6 Å². The fraction of sp³-hybridized carbons (Fsp3) is 0.200. The maximum Gasteiger partial charge on any atom is 0.248 e. The molecule has 3 N–H and O–H groups in total. The molecular formula is C10H11ClN2O2. The number of primary amides is 1. The molecule has 0 saturated carbocycles. The lowest BCUT2D eigenvalue weighted by atomic mass is 10.1. The van der Waals surface area contributed by atoms with Crippen LogP contribution in [0.25, 0.3) is 0 Å². The summed E-state index contributed by atoms with van der Waals surface area (Å²) in [7, 11) is 0. The molecule has 0 heterocycles. The van der Waals surface area contributed by atoms with E-state index in [9.17, 15) is 9.59 Å². The third kappa shape index (κ3) is 2.95. The van der Waals surface area contributed by atoms with E-state index in [1.54, 1.807) is 25.1 Å². The maximum atomic E-state index is 11.0. The predicted molar refractivity (Wildman–Crippen MR) is 59.0 cm³/mol. The second-order valence-electron chi connectivity index (χ2n) is 3.08. The van der Waals surface area contributed by atoms with E-state index in [1.165, 1.54) is 0 Å². The molecule has 0 aliphatic carbocycles. The predicted octanol–water partition coefficient (Wildman–Crippen LogP) is 1.27. The summed E-state index contributed by atoms with van der Waals surface area (Å²) < 4.78 is 0. The molecule has 15 heavy (non-hydrogen) atoms. The van der Waals surface area contributed by atoms with Gasteiger partial charge in [-0.2, -0.15) is 0 Å². The second kappa shape index (κ2) is 4.79. The van der Waals surface area contributed by atoms with E-state index < -0.39 is 5.91 Å². The highest BCUT2D eigenvalue weighted by Crippen LogP contribution is 2.14. The molecule has 80 valence electrons. The van der Waals surface area contributed by atoms with Gasteiger partial charge in [-0.3, -0.25) is 9.59 Å². The quantitative estimate of drug-likeness (QED) is 0.762. The van der Waals surface area contributed by atoms with Crippen LogP contribution >= 0.6 is 11.6 Å². The molecule has 0 aromatic heterocycles. The van der Waals surface area contributed by atoms with Crippen molar-refractivity contribution < 1.29 is 9.59 Å². The first-order chi connectivity index (χ1) is 7.04. The first-order valence-electron chi connectivity index (χ1n) is 4.31. The first-order valence-corrected chi connectivity index (χ1v) is 4.84. The van der Waals surface area contributed by atoms with Gasteiger partial charge in [-0.1, -0.05) is 0 Å². The Morgan fingerprint density at radius 1 is 1.47 bits per heavy atom. The van der Waals surface area contributed by atoms with Crippen LogP contribution in [0.3, 0.4) is 0 Å². The molecule has 0 atom stereocenters. The first kappa shape index (κ1) is 11.5. The van der Waals surface area contributed by atoms with Crippen LogP contribution in [0.4, 0.5) is 5.69 Å². The average Bonchev–Trinajstić information content (AvgIpc) is 2.17.